The van der Waals surface area contributed by atoms with Crippen molar-refractivity contribution in [1.29, 1.82) is 0 Å². The van der Waals surface area contributed by atoms with Gasteiger partial charge in [-0.1, -0.05) is 13.8 Å². The molecule has 0 atom stereocenters. The summed E-state index contributed by atoms with van der Waals surface area (Å²) in [5.41, 5.74) is 0. The van der Waals surface area contributed by atoms with Crippen LogP contribution in [-0.4, -0.2) is 33.3 Å². The molecule has 0 aliphatic rings. The smallest absolute Gasteiger partial charge is 0.211 e. The van der Waals surface area contributed by atoms with Gasteiger partial charge in [0.1, 0.15) is 0 Å². The first-order valence-electron chi connectivity index (χ1n) is 5.76. The van der Waals surface area contributed by atoms with Gasteiger partial charge in [0.05, 0.1) is 5.75 Å². The fourth-order valence-corrected chi connectivity index (χ4v) is 1.96. The van der Waals surface area contributed by atoms with Gasteiger partial charge in [0.15, 0.2) is 0 Å². The molecule has 0 spiro atoms. The molecular formula is C10H24N2O2S. The topological polar surface area (TPSA) is 58.2 Å². The molecule has 92 valence electrons. The zero-order valence-electron chi connectivity index (χ0n) is 10.0. The maximum absolute atomic E-state index is 11.1. The van der Waals surface area contributed by atoms with Crippen molar-refractivity contribution in [3.8, 4) is 0 Å². The third kappa shape index (κ3) is 7.76. The second-order valence-electron chi connectivity index (χ2n) is 3.62. The molecule has 0 aromatic heterocycles. The zero-order valence-corrected chi connectivity index (χ0v) is 10.9. The van der Waals surface area contributed by atoms with Crippen molar-refractivity contribution in [2.45, 2.75) is 46.1 Å². The highest BCUT2D eigenvalue weighted by atomic mass is 32.2. The van der Waals surface area contributed by atoms with Crippen LogP contribution in [-0.2, 0) is 10.0 Å². The Labute approximate surface area is 93.9 Å². The molecule has 0 rings (SSSR count). The van der Waals surface area contributed by atoms with Crippen molar-refractivity contribution in [2.24, 2.45) is 0 Å². The van der Waals surface area contributed by atoms with Gasteiger partial charge in [-0.25, -0.2) is 13.1 Å². The van der Waals surface area contributed by atoms with Crippen LogP contribution in [0, 0.1) is 0 Å². The lowest BCUT2D eigenvalue weighted by atomic mass is 10.2. The Balaban J connectivity index is 3.47. The molecule has 2 N–H and O–H groups in total. The van der Waals surface area contributed by atoms with E-state index >= 15 is 0 Å². The molecule has 0 aromatic carbocycles. The summed E-state index contributed by atoms with van der Waals surface area (Å²) >= 11 is 0. The molecule has 0 heterocycles. The van der Waals surface area contributed by atoms with E-state index < -0.39 is 10.0 Å². The van der Waals surface area contributed by atoms with Crippen LogP contribution in [0.15, 0.2) is 0 Å². The predicted octanol–water partition coefficient (Wildman–Crippen LogP) is 1.09. The van der Waals surface area contributed by atoms with Gasteiger partial charge in [0.25, 0.3) is 0 Å². The first-order valence-corrected chi connectivity index (χ1v) is 7.41. The van der Waals surface area contributed by atoms with Crippen LogP contribution < -0.4 is 10.0 Å². The normalized spacial score (nSPS) is 12.3. The lowest BCUT2D eigenvalue weighted by Gasteiger charge is -2.14. The maximum atomic E-state index is 11.1. The van der Waals surface area contributed by atoms with E-state index in [1.165, 1.54) is 0 Å². The molecule has 0 saturated heterocycles. The van der Waals surface area contributed by atoms with Crippen LogP contribution in [0.4, 0.5) is 0 Å². The van der Waals surface area contributed by atoms with Gasteiger partial charge in [-0.3, -0.25) is 0 Å². The average molecular weight is 236 g/mol. The molecule has 0 aromatic rings. The van der Waals surface area contributed by atoms with Gasteiger partial charge >= 0.3 is 0 Å². The van der Waals surface area contributed by atoms with E-state index in [1.54, 1.807) is 6.92 Å². The van der Waals surface area contributed by atoms with Gasteiger partial charge in [0, 0.05) is 12.6 Å². The van der Waals surface area contributed by atoms with Crippen LogP contribution in [0.25, 0.3) is 0 Å². The quantitative estimate of drug-likeness (QED) is 0.589. The van der Waals surface area contributed by atoms with E-state index in [0.717, 1.165) is 25.8 Å². The van der Waals surface area contributed by atoms with Crippen molar-refractivity contribution >= 4 is 10.0 Å². The standard InChI is InChI=1S/C10H24N2O2S/c1-4-10(5-2)11-8-7-9-12-15(13,14)6-3/h10-12H,4-9H2,1-3H3. The summed E-state index contributed by atoms with van der Waals surface area (Å²) in [6, 6.07) is 0.563. The molecule has 15 heavy (non-hydrogen) atoms. The van der Waals surface area contributed by atoms with E-state index in [9.17, 15) is 8.42 Å². The van der Waals surface area contributed by atoms with Crippen molar-refractivity contribution in [3.63, 3.8) is 0 Å². The molecular weight excluding hydrogens is 212 g/mol. The number of nitrogens with one attached hydrogen (secondary N) is 2. The minimum Gasteiger partial charge on any atom is -0.314 e. The fraction of sp³-hybridized carbons (Fsp3) is 1.00. The Morgan fingerprint density at radius 2 is 1.67 bits per heavy atom. The second-order valence-corrected chi connectivity index (χ2v) is 5.71. The van der Waals surface area contributed by atoms with E-state index in [4.69, 9.17) is 0 Å². The molecule has 0 unspecified atom stereocenters. The van der Waals surface area contributed by atoms with Crippen molar-refractivity contribution in [2.75, 3.05) is 18.8 Å². The van der Waals surface area contributed by atoms with Crippen molar-refractivity contribution in [1.82, 2.24) is 10.0 Å². The molecule has 0 fully saturated rings. The van der Waals surface area contributed by atoms with Crippen LogP contribution in [0.2, 0.25) is 0 Å². The van der Waals surface area contributed by atoms with Crippen LogP contribution in [0.1, 0.15) is 40.0 Å². The molecule has 0 saturated carbocycles. The van der Waals surface area contributed by atoms with Crippen LogP contribution in [0.3, 0.4) is 0 Å². The van der Waals surface area contributed by atoms with Crippen LogP contribution in [0.5, 0.6) is 0 Å². The van der Waals surface area contributed by atoms with E-state index in [0.29, 0.717) is 12.6 Å². The van der Waals surface area contributed by atoms with E-state index in [1.807, 2.05) is 0 Å². The minimum absolute atomic E-state index is 0.160. The van der Waals surface area contributed by atoms with Crippen LogP contribution >= 0.6 is 0 Å². The highest BCUT2D eigenvalue weighted by Gasteiger charge is 2.05. The molecule has 0 bridgehead atoms. The summed E-state index contributed by atoms with van der Waals surface area (Å²) in [5.74, 6) is 0.160. The molecule has 0 radical (unpaired) electrons. The zero-order chi connectivity index (χ0) is 11.7. The summed E-state index contributed by atoms with van der Waals surface area (Å²) in [6.45, 7) is 7.36. The van der Waals surface area contributed by atoms with Crippen molar-refractivity contribution in [3.05, 3.63) is 0 Å². The first kappa shape index (κ1) is 14.9. The van der Waals surface area contributed by atoms with Gasteiger partial charge in [-0.05, 0) is 32.7 Å². The Bertz CT molecular complexity index is 236. The van der Waals surface area contributed by atoms with Crippen molar-refractivity contribution < 1.29 is 8.42 Å². The Kier molecular flexibility index (Phi) is 8.00. The lowest BCUT2D eigenvalue weighted by Crippen LogP contribution is -2.32. The first-order chi connectivity index (χ1) is 7.05. The Morgan fingerprint density at radius 3 is 2.13 bits per heavy atom. The van der Waals surface area contributed by atoms with Gasteiger partial charge in [-0.15, -0.1) is 0 Å². The number of rotatable bonds is 9. The lowest BCUT2D eigenvalue weighted by molar-refractivity contribution is 0.477. The summed E-state index contributed by atoms with van der Waals surface area (Å²) < 4.78 is 24.7. The molecule has 5 heteroatoms. The summed E-state index contributed by atoms with van der Waals surface area (Å²) in [7, 11) is -3.01. The molecule has 0 amide bonds. The number of hydrogen-bond donors (Lipinski definition) is 2. The summed E-state index contributed by atoms with van der Waals surface area (Å²) in [5, 5.41) is 3.39. The van der Waals surface area contributed by atoms with E-state index in [2.05, 4.69) is 23.9 Å². The maximum Gasteiger partial charge on any atom is 0.211 e. The van der Waals surface area contributed by atoms with E-state index in [-0.39, 0.29) is 5.75 Å². The third-order valence-corrected chi connectivity index (χ3v) is 3.88. The van der Waals surface area contributed by atoms with Gasteiger partial charge in [0.2, 0.25) is 10.0 Å². The van der Waals surface area contributed by atoms with Gasteiger partial charge in [-0.2, -0.15) is 0 Å². The Hall–Kier alpha value is -0.130. The molecule has 4 nitrogen and oxygen atoms in total. The fourth-order valence-electron chi connectivity index (χ4n) is 1.30. The average Bonchev–Trinajstić information content (AvgIpc) is 2.23. The Morgan fingerprint density at radius 1 is 1.07 bits per heavy atom. The molecule has 0 aliphatic carbocycles. The summed E-state index contributed by atoms with van der Waals surface area (Å²) in [4.78, 5) is 0. The highest BCUT2D eigenvalue weighted by molar-refractivity contribution is 7.89. The third-order valence-electron chi connectivity index (χ3n) is 2.47. The number of sulfonamides is 1. The monoisotopic (exact) mass is 236 g/mol. The highest BCUT2D eigenvalue weighted by Crippen LogP contribution is 1.95. The predicted molar refractivity (Wildman–Crippen MR) is 64.5 cm³/mol. The minimum atomic E-state index is -3.01. The van der Waals surface area contributed by atoms with Gasteiger partial charge < -0.3 is 5.32 Å². The second kappa shape index (κ2) is 8.07. The number of hydrogen-bond acceptors (Lipinski definition) is 3. The largest absolute Gasteiger partial charge is 0.314 e. The SMILES string of the molecule is CCC(CC)NCCCNS(=O)(=O)CC. The molecule has 0 aliphatic heterocycles. The summed E-state index contributed by atoms with van der Waals surface area (Å²) in [6.07, 6.45) is 3.09.